The molecule has 4 nitrogen and oxygen atoms in total. The van der Waals surface area contributed by atoms with Crippen LogP contribution in [0.1, 0.15) is 11.3 Å². The maximum absolute atomic E-state index is 13.7. The van der Waals surface area contributed by atoms with Gasteiger partial charge in [0.05, 0.1) is 24.6 Å². The number of nitrogens with zero attached hydrogens (tertiary/aromatic N) is 1. The lowest BCUT2D eigenvalue weighted by atomic mass is 10.0. The molecule has 0 atom stereocenters. The molecule has 0 saturated heterocycles. The van der Waals surface area contributed by atoms with Crippen molar-refractivity contribution in [3.8, 4) is 0 Å². The van der Waals surface area contributed by atoms with E-state index in [9.17, 15) is 8.78 Å². The summed E-state index contributed by atoms with van der Waals surface area (Å²) >= 11 is 0. The number of hydrogen-bond donors (Lipinski definition) is 2. The van der Waals surface area contributed by atoms with Crippen molar-refractivity contribution < 1.29 is 13.5 Å². The van der Waals surface area contributed by atoms with Crippen LogP contribution in [0.15, 0.2) is 12.1 Å². The summed E-state index contributed by atoms with van der Waals surface area (Å²) in [4.78, 5) is 4.19. The number of nitrogens with two attached hydrogens (primary N) is 1. The van der Waals surface area contributed by atoms with Gasteiger partial charge in [-0.25, -0.2) is 13.8 Å². The first kappa shape index (κ1) is 11.3. The van der Waals surface area contributed by atoms with E-state index >= 15 is 0 Å². The molecule has 2 aromatic rings. The zero-order valence-corrected chi connectivity index (χ0v) is 9.46. The fraction of sp³-hybridized carbons (Fsp3) is 0.250. The minimum absolute atomic E-state index is 0.00333. The smallest absolute Gasteiger partial charge is 0.185 e. The highest BCUT2D eigenvalue weighted by Gasteiger charge is 2.20. The van der Waals surface area contributed by atoms with Crippen LogP contribution in [0.4, 0.5) is 14.5 Å². The van der Waals surface area contributed by atoms with Gasteiger partial charge < -0.3 is 10.2 Å². The van der Waals surface area contributed by atoms with Crippen molar-refractivity contribution in [1.82, 2.24) is 4.98 Å². The van der Waals surface area contributed by atoms with E-state index in [0.717, 1.165) is 11.6 Å². The number of nitrogen functional groups attached to an aromatic ring is 1. The van der Waals surface area contributed by atoms with Crippen LogP contribution >= 0.6 is 0 Å². The van der Waals surface area contributed by atoms with Gasteiger partial charge in [0.1, 0.15) is 5.52 Å². The van der Waals surface area contributed by atoms with Gasteiger partial charge >= 0.3 is 0 Å². The van der Waals surface area contributed by atoms with Crippen molar-refractivity contribution in [2.24, 2.45) is 5.84 Å². The number of halogens is 2. The lowest BCUT2D eigenvalue weighted by molar-refractivity contribution is 0.110. The molecule has 1 aromatic heterocycles. The molecule has 3 rings (SSSR count). The number of nitrogens with one attached hydrogen (secondary N) is 1. The minimum atomic E-state index is -0.946. The van der Waals surface area contributed by atoms with Gasteiger partial charge in [-0.3, -0.25) is 5.84 Å². The molecule has 94 valence electrons. The molecule has 6 heteroatoms. The molecule has 0 spiro atoms. The maximum atomic E-state index is 13.7. The summed E-state index contributed by atoms with van der Waals surface area (Å²) in [7, 11) is 0. The third-order valence-electron chi connectivity index (χ3n) is 3.11. The number of ether oxygens (including phenoxy) is 1. The second-order valence-corrected chi connectivity index (χ2v) is 4.12. The highest BCUT2D eigenvalue weighted by atomic mass is 19.2. The second kappa shape index (κ2) is 4.15. The third kappa shape index (κ3) is 1.53. The number of fused-ring (bicyclic) bond motifs is 2. The van der Waals surface area contributed by atoms with E-state index in [2.05, 4.69) is 10.4 Å². The van der Waals surface area contributed by atoms with Crippen LogP contribution in [0.2, 0.25) is 0 Å². The van der Waals surface area contributed by atoms with Crippen LogP contribution in [-0.2, 0) is 17.8 Å². The van der Waals surface area contributed by atoms with Crippen LogP contribution in [0.5, 0.6) is 0 Å². The lowest BCUT2D eigenvalue weighted by Crippen LogP contribution is -2.18. The highest BCUT2D eigenvalue weighted by Crippen LogP contribution is 2.32. The van der Waals surface area contributed by atoms with Crippen LogP contribution < -0.4 is 11.3 Å². The van der Waals surface area contributed by atoms with E-state index in [4.69, 9.17) is 10.6 Å². The number of hydrazine groups is 1. The summed E-state index contributed by atoms with van der Waals surface area (Å²) in [6.45, 7) is 0.892. The van der Waals surface area contributed by atoms with Crippen molar-refractivity contribution in [2.45, 2.75) is 13.0 Å². The van der Waals surface area contributed by atoms with E-state index < -0.39 is 11.6 Å². The van der Waals surface area contributed by atoms with Crippen molar-refractivity contribution in [2.75, 3.05) is 12.0 Å². The van der Waals surface area contributed by atoms with Crippen molar-refractivity contribution in [3.63, 3.8) is 0 Å². The molecule has 0 radical (unpaired) electrons. The fourth-order valence-corrected chi connectivity index (χ4v) is 2.23. The Morgan fingerprint density at radius 2 is 2.17 bits per heavy atom. The highest BCUT2D eigenvalue weighted by molar-refractivity contribution is 5.93. The summed E-state index contributed by atoms with van der Waals surface area (Å²) in [5.41, 5.74) is 4.60. The molecule has 0 aliphatic carbocycles. The molecule has 18 heavy (non-hydrogen) atoms. The summed E-state index contributed by atoms with van der Waals surface area (Å²) in [6, 6.07) is 2.53. The fourth-order valence-electron chi connectivity index (χ4n) is 2.23. The van der Waals surface area contributed by atoms with Crippen molar-refractivity contribution >= 4 is 16.6 Å². The van der Waals surface area contributed by atoms with Gasteiger partial charge in [-0.2, -0.15) is 0 Å². The SMILES string of the molecule is NNc1c2c(nc3c(F)c(F)ccc13)CCOC2. The number of hydrogen-bond acceptors (Lipinski definition) is 4. The molecule has 0 saturated carbocycles. The number of aromatic nitrogens is 1. The van der Waals surface area contributed by atoms with E-state index in [1.807, 2.05) is 0 Å². The summed E-state index contributed by atoms with van der Waals surface area (Å²) in [6.07, 6.45) is 0.565. The quantitative estimate of drug-likeness (QED) is 0.600. The number of pyridine rings is 1. The molecule has 1 aromatic carbocycles. The van der Waals surface area contributed by atoms with E-state index in [-0.39, 0.29) is 5.52 Å². The molecule has 1 aliphatic rings. The number of benzene rings is 1. The Bertz CT molecular complexity index is 630. The molecular weight excluding hydrogens is 240 g/mol. The van der Waals surface area contributed by atoms with Crippen molar-refractivity contribution in [3.05, 3.63) is 35.0 Å². The van der Waals surface area contributed by atoms with Crippen LogP contribution in [0.3, 0.4) is 0 Å². The largest absolute Gasteiger partial charge is 0.376 e. The Balaban J connectivity index is 2.40. The molecule has 2 heterocycles. The van der Waals surface area contributed by atoms with Gasteiger partial charge in [0, 0.05) is 17.4 Å². The predicted molar refractivity (Wildman–Crippen MR) is 62.8 cm³/mol. The topological polar surface area (TPSA) is 60.2 Å². The second-order valence-electron chi connectivity index (χ2n) is 4.12. The molecule has 1 aliphatic heterocycles. The first-order valence-electron chi connectivity index (χ1n) is 5.56. The van der Waals surface area contributed by atoms with Gasteiger partial charge in [-0.1, -0.05) is 0 Å². The molecule has 0 bridgehead atoms. The lowest BCUT2D eigenvalue weighted by Gasteiger charge is -2.20. The van der Waals surface area contributed by atoms with Gasteiger partial charge in [-0.05, 0) is 12.1 Å². The zero-order chi connectivity index (χ0) is 12.7. The normalized spacial score (nSPS) is 14.6. The Morgan fingerprint density at radius 3 is 2.94 bits per heavy atom. The molecule has 3 N–H and O–H groups in total. The van der Waals surface area contributed by atoms with E-state index in [1.165, 1.54) is 6.07 Å². The monoisotopic (exact) mass is 251 g/mol. The Hall–Kier alpha value is -1.79. The standard InChI is InChI=1S/C12H11F2N3O/c13-8-2-1-6-11(17-15)7-5-18-4-3-9(7)16-12(6)10(8)14/h1-2H,3-5,15H2,(H,16,17). The Labute approximate surface area is 102 Å². The first-order chi connectivity index (χ1) is 8.72. The molecule has 0 unspecified atom stereocenters. The average molecular weight is 251 g/mol. The third-order valence-corrected chi connectivity index (χ3v) is 3.11. The number of rotatable bonds is 1. The average Bonchev–Trinajstić information content (AvgIpc) is 2.41. The summed E-state index contributed by atoms with van der Waals surface area (Å²) in [5, 5.41) is 0.459. The minimum Gasteiger partial charge on any atom is -0.376 e. The van der Waals surface area contributed by atoms with Crippen molar-refractivity contribution in [1.29, 1.82) is 0 Å². The van der Waals surface area contributed by atoms with Gasteiger partial charge in [0.15, 0.2) is 11.6 Å². The van der Waals surface area contributed by atoms with Crippen LogP contribution in [0.25, 0.3) is 10.9 Å². The predicted octanol–water partition coefficient (Wildman–Crippen LogP) is 1.87. The molecule has 0 fully saturated rings. The van der Waals surface area contributed by atoms with Gasteiger partial charge in [-0.15, -0.1) is 0 Å². The van der Waals surface area contributed by atoms with Gasteiger partial charge in [0.2, 0.25) is 0 Å². The van der Waals surface area contributed by atoms with Crippen LogP contribution in [0, 0.1) is 11.6 Å². The Morgan fingerprint density at radius 1 is 1.33 bits per heavy atom. The molecule has 0 amide bonds. The summed E-state index contributed by atoms with van der Waals surface area (Å²) in [5.74, 6) is 3.62. The first-order valence-corrected chi connectivity index (χ1v) is 5.56. The van der Waals surface area contributed by atoms with Crippen LogP contribution in [-0.4, -0.2) is 11.6 Å². The maximum Gasteiger partial charge on any atom is 0.185 e. The Kier molecular flexibility index (Phi) is 2.61. The van der Waals surface area contributed by atoms with E-state index in [1.54, 1.807) is 0 Å². The van der Waals surface area contributed by atoms with Gasteiger partial charge in [0.25, 0.3) is 0 Å². The van der Waals surface area contributed by atoms with E-state index in [0.29, 0.717) is 36.4 Å². The summed E-state index contributed by atoms with van der Waals surface area (Å²) < 4.78 is 32.3. The number of anilines is 1. The zero-order valence-electron chi connectivity index (χ0n) is 9.46. The molecular formula is C12H11F2N3O.